The number of phenols is 1. The summed E-state index contributed by atoms with van der Waals surface area (Å²) in [6.45, 7) is -0.379. The number of nitrogens with one attached hydrogen (secondary N) is 1. The number of para-hydroxylation sites is 1. The predicted octanol–water partition coefficient (Wildman–Crippen LogP) is 5.44. The summed E-state index contributed by atoms with van der Waals surface area (Å²) in [4.78, 5) is 71.3. The van der Waals surface area contributed by atoms with Gasteiger partial charge in [0.05, 0.1) is 41.2 Å². The van der Waals surface area contributed by atoms with Gasteiger partial charge in [0.15, 0.2) is 0 Å². The van der Waals surface area contributed by atoms with Gasteiger partial charge in [-0.1, -0.05) is 53.6 Å². The lowest BCUT2D eigenvalue weighted by molar-refractivity contribution is -0.138. The van der Waals surface area contributed by atoms with Crippen molar-refractivity contribution in [3.05, 3.63) is 130 Å². The molecule has 0 aromatic heterocycles. The largest absolute Gasteiger partial charge is 0.507 e. The number of carboxylic acids is 1. The maximum absolute atomic E-state index is 15.3. The molecule has 1 saturated carbocycles. The van der Waals surface area contributed by atoms with Gasteiger partial charge in [-0.05, 0) is 78.9 Å². The molecule has 4 N–H and O–H groups in total. The van der Waals surface area contributed by atoms with E-state index in [4.69, 9.17) is 16.3 Å². The predicted molar refractivity (Wildman–Crippen MR) is 196 cm³/mol. The first-order chi connectivity index (χ1) is 26.5. The highest BCUT2D eigenvalue weighted by Crippen LogP contribution is 2.65. The summed E-state index contributed by atoms with van der Waals surface area (Å²) in [6, 6.07) is 22.2. The van der Waals surface area contributed by atoms with Crippen LogP contribution in [0, 0.1) is 29.5 Å². The number of nitrogens with zero attached hydrogens (tertiary/aromatic N) is 2. The van der Waals surface area contributed by atoms with Gasteiger partial charge in [-0.25, -0.2) is 14.1 Å². The average molecular weight is 766 g/mol. The summed E-state index contributed by atoms with van der Waals surface area (Å²) < 4.78 is 20.0. The van der Waals surface area contributed by atoms with Crippen LogP contribution in [-0.4, -0.2) is 63.1 Å². The van der Waals surface area contributed by atoms with E-state index in [1.165, 1.54) is 30.3 Å². The van der Waals surface area contributed by atoms with Crippen molar-refractivity contribution in [2.45, 2.75) is 24.2 Å². The molecule has 12 nitrogen and oxygen atoms in total. The Hall–Kier alpha value is -6.05. The van der Waals surface area contributed by atoms with Gasteiger partial charge in [-0.15, -0.1) is 0 Å². The van der Waals surface area contributed by atoms with Crippen molar-refractivity contribution < 1.29 is 48.4 Å². The zero-order valence-corrected chi connectivity index (χ0v) is 29.7. The van der Waals surface area contributed by atoms with Crippen molar-refractivity contribution in [3.63, 3.8) is 0 Å². The molecule has 3 fully saturated rings. The normalized spacial score (nSPS) is 25.7. The van der Waals surface area contributed by atoms with Gasteiger partial charge in [-0.3, -0.25) is 24.6 Å². The van der Waals surface area contributed by atoms with E-state index in [0.717, 1.165) is 22.0 Å². The molecule has 2 aliphatic carbocycles. The number of fused-ring (bicyclic) bond motifs is 4. The van der Waals surface area contributed by atoms with Gasteiger partial charge in [0.2, 0.25) is 11.8 Å². The van der Waals surface area contributed by atoms with Gasteiger partial charge < -0.3 is 20.1 Å². The highest BCUT2D eigenvalue weighted by molar-refractivity contribution is 6.30. The minimum Gasteiger partial charge on any atom is -0.507 e. The molecule has 4 amide bonds. The SMILES string of the molecule is O=C(O)c1ccc(N2C(=O)C3CC=C4C(CC5C(=O)N(Nc6ccc(F)cc6)C(=O)C5(c5ccc(Cl)cc5)C4c4ccccc4OCCO)C3C2=O)cc1O. The maximum Gasteiger partial charge on any atom is 0.339 e. The number of amides is 4. The Kier molecular flexibility index (Phi) is 8.93. The van der Waals surface area contributed by atoms with Crippen molar-refractivity contribution >= 4 is 52.6 Å². The average Bonchev–Trinajstić information content (AvgIpc) is 3.55. The lowest BCUT2D eigenvalue weighted by Crippen LogP contribution is -2.53. The van der Waals surface area contributed by atoms with Gasteiger partial charge in [0, 0.05) is 22.6 Å². The molecule has 55 heavy (non-hydrogen) atoms. The first-order valence-electron chi connectivity index (χ1n) is 17.6. The number of hydrogen-bond acceptors (Lipinski definition) is 9. The van der Waals surface area contributed by atoms with Crippen LogP contribution in [-0.2, 0) is 24.6 Å². The molecular formula is C41H33ClFN3O9. The Balaban J connectivity index is 1.31. The number of benzene rings is 4. The molecular weight excluding hydrogens is 733 g/mol. The van der Waals surface area contributed by atoms with Crippen molar-refractivity contribution in [3.8, 4) is 11.5 Å². The van der Waals surface area contributed by atoms with Gasteiger partial charge in [0.25, 0.3) is 11.8 Å². The number of halogens is 2. The van der Waals surface area contributed by atoms with Crippen molar-refractivity contribution in [2.24, 2.45) is 23.7 Å². The molecule has 0 spiro atoms. The third-order valence-electron chi connectivity index (χ3n) is 11.3. The third kappa shape index (κ3) is 5.56. The number of anilines is 2. The number of aromatic carboxylic acids is 1. The lowest BCUT2D eigenvalue weighted by Gasteiger charge is -2.50. The second-order valence-electron chi connectivity index (χ2n) is 14.0. The second-order valence-corrected chi connectivity index (χ2v) is 14.4. The van der Waals surface area contributed by atoms with Crippen LogP contribution < -0.4 is 15.1 Å². The Morgan fingerprint density at radius 1 is 0.927 bits per heavy atom. The Labute approximate surface area is 318 Å². The van der Waals surface area contributed by atoms with Crippen LogP contribution in [0.15, 0.2) is 103 Å². The number of carbonyl (C=O) groups excluding carboxylic acids is 4. The van der Waals surface area contributed by atoms with E-state index in [-0.39, 0.29) is 37.4 Å². The van der Waals surface area contributed by atoms with Gasteiger partial charge in [0.1, 0.15) is 29.5 Å². The lowest BCUT2D eigenvalue weighted by atomic mass is 9.49. The molecule has 6 atom stereocenters. The van der Waals surface area contributed by atoms with Crippen LogP contribution >= 0.6 is 11.6 Å². The number of allylic oxidation sites excluding steroid dienone is 2. The van der Waals surface area contributed by atoms with Crippen LogP contribution in [0.2, 0.25) is 5.02 Å². The molecule has 4 aliphatic rings. The summed E-state index contributed by atoms with van der Waals surface area (Å²) >= 11 is 6.36. The number of imide groups is 2. The third-order valence-corrected chi connectivity index (χ3v) is 11.6. The van der Waals surface area contributed by atoms with Crippen molar-refractivity contribution in [1.82, 2.24) is 5.01 Å². The first-order valence-corrected chi connectivity index (χ1v) is 18.0. The Bertz CT molecular complexity index is 2300. The monoisotopic (exact) mass is 765 g/mol. The Morgan fingerprint density at radius 3 is 2.35 bits per heavy atom. The van der Waals surface area contributed by atoms with Crippen LogP contribution in [0.25, 0.3) is 0 Å². The number of aliphatic hydroxyl groups excluding tert-OH is 1. The number of aromatic hydroxyl groups is 1. The minimum atomic E-state index is -1.65. The van der Waals surface area contributed by atoms with E-state index in [1.54, 1.807) is 48.5 Å². The smallest absolute Gasteiger partial charge is 0.339 e. The molecule has 4 aromatic rings. The van der Waals surface area contributed by atoms with E-state index < -0.39 is 81.7 Å². The second kappa shape index (κ2) is 13.7. The zero-order chi connectivity index (χ0) is 38.8. The van der Waals surface area contributed by atoms with Crippen LogP contribution in [0.4, 0.5) is 15.8 Å². The number of hydrogen-bond donors (Lipinski definition) is 4. The van der Waals surface area contributed by atoms with Crippen LogP contribution in [0.5, 0.6) is 11.5 Å². The zero-order valence-electron chi connectivity index (χ0n) is 28.9. The fourth-order valence-corrected chi connectivity index (χ4v) is 9.23. The number of aliphatic hydroxyl groups is 1. The Morgan fingerprint density at radius 2 is 1.65 bits per heavy atom. The number of carbonyl (C=O) groups is 5. The van der Waals surface area contributed by atoms with Gasteiger partial charge in [-0.2, -0.15) is 5.01 Å². The van der Waals surface area contributed by atoms with Crippen LogP contribution in [0.3, 0.4) is 0 Å². The van der Waals surface area contributed by atoms with Crippen LogP contribution in [0.1, 0.15) is 40.2 Å². The molecule has 2 aliphatic heterocycles. The highest BCUT2D eigenvalue weighted by Gasteiger charge is 2.70. The quantitative estimate of drug-likeness (QED) is 0.127. The summed E-state index contributed by atoms with van der Waals surface area (Å²) in [5, 5.41) is 31.0. The van der Waals surface area contributed by atoms with Crippen molar-refractivity contribution in [1.29, 1.82) is 0 Å². The molecule has 4 aromatic carbocycles. The van der Waals surface area contributed by atoms with E-state index in [2.05, 4.69) is 5.43 Å². The van der Waals surface area contributed by atoms with E-state index in [1.807, 2.05) is 6.08 Å². The summed E-state index contributed by atoms with van der Waals surface area (Å²) in [6.07, 6.45) is 1.95. The highest BCUT2D eigenvalue weighted by atomic mass is 35.5. The number of hydrazine groups is 1. The topological polar surface area (TPSA) is 174 Å². The maximum atomic E-state index is 15.3. The minimum absolute atomic E-state index is 0.000799. The standard InChI is InChI=1S/C41H33ClFN3O9/c42-22-7-5-21(6-8-22)41-31(37(50)46(40(41)54)44-24-11-9-23(43)10-12-24)20-30-26(35(41)28-3-1-2-4-33(28)55-18-17-47)15-16-29-34(30)38(51)45(36(29)49)25-13-14-27(39(52)53)32(48)19-25/h1-15,19,29-31,34-35,44,47-48H,16-18,20H2,(H,52,53). The van der Waals surface area contributed by atoms with E-state index in [0.29, 0.717) is 27.5 Å². The molecule has 0 bridgehead atoms. The van der Waals surface area contributed by atoms with Gasteiger partial charge >= 0.3 is 5.97 Å². The number of rotatable bonds is 9. The molecule has 8 rings (SSSR count). The molecule has 2 heterocycles. The summed E-state index contributed by atoms with van der Waals surface area (Å²) in [5.74, 6) is -9.15. The molecule has 0 radical (unpaired) electrons. The molecule has 6 unspecified atom stereocenters. The molecule has 14 heteroatoms. The van der Waals surface area contributed by atoms with E-state index >= 15 is 4.79 Å². The number of ether oxygens (including phenoxy) is 1. The van der Waals surface area contributed by atoms with E-state index in [9.17, 15) is 38.9 Å². The fourth-order valence-electron chi connectivity index (χ4n) is 9.10. The number of carboxylic acid groups (broad SMARTS) is 1. The fraction of sp³-hybridized carbons (Fsp3) is 0.244. The summed E-state index contributed by atoms with van der Waals surface area (Å²) in [5.41, 5.74) is 2.76. The summed E-state index contributed by atoms with van der Waals surface area (Å²) in [7, 11) is 0. The molecule has 2 saturated heterocycles. The first kappa shape index (κ1) is 36.0. The van der Waals surface area contributed by atoms with Crippen molar-refractivity contribution in [2.75, 3.05) is 23.5 Å². The molecule has 280 valence electrons.